The first kappa shape index (κ1) is 62.1. The number of rotatable bonds is 50. The zero-order valence-electron chi connectivity index (χ0n) is 43.0. The molecule has 0 rings (SSSR count). The van der Waals surface area contributed by atoms with Crippen LogP contribution in [0.1, 0.15) is 278 Å². The van der Waals surface area contributed by atoms with E-state index in [1.165, 1.54) is 148 Å². The molecule has 0 N–H and O–H groups in total. The van der Waals surface area contributed by atoms with Crippen molar-refractivity contribution in [1.82, 2.24) is 0 Å². The predicted octanol–water partition coefficient (Wildman–Crippen LogP) is 18.4. The van der Waals surface area contributed by atoms with Gasteiger partial charge in [-0.15, -0.1) is 0 Å². The third kappa shape index (κ3) is 51.9. The summed E-state index contributed by atoms with van der Waals surface area (Å²) in [5.41, 5.74) is 0. The van der Waals surface area contributed by atoms with Gasteiger partial charge >= 0.3 is 17.9 Å². The Morgan fingerprint density at radius 1 is 0.308 bits per heavy atom. The van der Waals surface area contributed by atoms with E-state index < -0.39 is 6.10 Å². The van der Waals surface area contributed by atoms with E-state index in [0.717, 1.165) is 89.9 Å². The smallest absolute Gasteiger partial charge is 0.306 e. The molecule has 0 saturated carbocycles. The van der Waals surface area contributed by atoms with Gasteiger partial charge in [0.05, 0.1) is 0 Å². The third-order valence-electron chi connectivity index (χ3n) is 12.0. The number of allylic oxidation sites excluding steroid dienone is 10. The van der Waals surface area contributed by atoms with Crippen LogP contribution >= 0.6 is 0 Å². The molecular weight excluding hydrogens is 805 g/mol. The SMILES string of the molecule is CCCCC/C=C\C/C=C\C/C=C\CCCCC(=O)OC[C@H](COC(=O)CCCCCCC/C=C\C/C=C\CCCCC)OC(=O)CCCCCCCCCCCCCCCCCCC. The zero-order chi connectivity index (χ0) is 47.2. The normalized spacial score (nSPS) is 12.5. The van der Waals surface area contributed by atoms with Gasteiger partial charge in [0.25, 0.3) is 0 Å². The molecule has 0 aromatic heterocycles. The molecule has 1 atom stereocenters. The Morgan fingerprint density at radius 3 is 0.923 bits per heavy atom. The molecule has 0 aromatic carbocycles. The van der Waals surface area contributed by atoms with Crippen LogP contribution in [0.2, 0.25) is 0 Å². The topological polar surface area (TPSA) is 78.9 Å². The number of hydrogen-bond acceptors (Lipinski definition) is 6. The molecule has 0 unspecified atom stereocenters. The lowest BCUT2D eigenvalue weighted by Gasteiger charge is -2.18. The van der Waals surface area contributed by atoms with E-state index in [0.29, 0.717) is 19.3 Å². The molecule has 0 heterocycles. The summed E-state index contributed by atoms with van der Waals surface area (Å²) >= 11 is 0. The highest BCUT2D eigenvalue weighted by Crippen LogP contribution is 2.16. The number of carbonyl (C=O) groups is 3. The molecule has 0 bridgehead atoms. The quantitative estimate of drug-likeness (QED) is 0.0262. The summed E-state index contributed by atoms with van der Waals surface area (Å²) in [4.78, 5) is 38.1. The minimum absolute atomic E-state index is 0.0916. The molecule has 65 heavy (non-hydrogen) atoms. The first-order valence-corrected chi connectivity index (χ1v) is 27.8. The monoisotopic (exact) mass is 909 g/mol. The van der Waals surface area contributed by atoms with Crippen molar-refractivity contribution in [2.24, 2.45) is 0 Å². The maximum absolute atomic E-state index is 12.8. The standard InChI is InChI=1S/C59H104O6/c1-4-7-10-13-16-19-22-25-28-29-32-35-38-41-44-47-50-53-59(62)65-56(54-63-57(60)51-48-45-42-39-36-33-30-26-23-20-17-14-11-8-5-2)55-64-58(61)52-49-46-43-40-37-34-31-27-24-21-18-15-12-9-6-3/h17-18,20-21,26-27,30-31,36,39,56H,4-16,19,22-25,28-29,32-35,37-38,40-55H2,1-3H3/b20-17-,21-18-,30-26-,31-27-,39-36-/t56-/m1/s1. The van der Waals surface area contributed by atoms with Crippen molar-refractivity contribution in [3.05, 3.63) is 60.8 Å². The van der Waals surface area contributed by atoms with Crippen LogP contribution in [0.15, 0.2) is 60.8 Å². The fourth-order valence-electron chi connectivity index (χ4n) is 7.77. The summed E-state index contributed by atoms with van der Waals surface area (Å²) in [7, 11) is 0. The average molecular weight is 909 g/mol. The molecule has 0 aliphatic rings. The molecule has 6 heteroatoms. The van der Waals surface area contributed by atoms with Crippen molar-refractivity contribution in [2.75, 3.05) is 13.2 Å². The molecule has 0 fully saturated rings. The Hall–Kier alpha value is -2.89. The Labute approximate surface area is 402 Å². The van der Waals surface area contributed by atoms with E-state index >= 15 is 0 Å². The fourth-order valence-corrected chi connectivity index (χ4v) is 7.77. The van der Waals surface area contributed by atoms with Gasteiger partial charge in [0.15, 0.2) is 6.10 Å². The number of esters is 3. The number of ether oxygens (including phenoxy) is 3. The van der Waals surface area contributed by atoms with Crippen molar-refractivity contribution < 1.29 is 28.6 Å². The second-order valence-corrected chi connectivity index (χ2v) is 18.5. The number of carbonyl (C=O) groups excluding carboxylic acids is 3. The largest absolute Gasteiger partial charge is 0.462 e. The van der Waals surface area contributed by atoms with Crippen molar-refractivity contribution in [3.8, 4) is 0 Å². The van der Waals surface area contributed by atoms with E-state index in [-0.39, 0.29) is 31.1 Å². The van der Waals surface area contributed by atoms with Crippen LogP contribution in [-0.4, -0.2) is 37.2 Å². The predicted molar refractivity (Wildman–Crippen MR) is 279 cm³/mol. The molecule has 6 nitrogen and oxygen atoms in total. The van der Waals surface area contributed by atoms with Crippen molar-refractivity contribution in [1.29, 1.82) is 0 Å². The summed E-state index contributed by atoms with van der Waals surface area (Å²) in [6.45, 7) is 6.56. The maximum Gasteiger partial charge on any atom is 0.306 e. The highest BCUT2D eigenvalue weighted by molar-refractivity contribution is 5.71. The Bertz CT molecular complexity index is 1180. The van der Waals surface area contributed by atoms with Gasteiger partial charge in [-0.05, 0) is 89.9 Å². The van der Waals surface area contributed by atoms with E-state index in [4.69, 9.17) is 14.2 Å². The molecule has 0 aliphatic carbocycles. The zero-order valence-corrected chi connectivity index (χ0v) is 43.0. The summed E-state index contributed by atoms with van der Waals surface area (Å²) in [6, 6.07) is 0. The molecule has 0 radical (unpaired) electrons. The van der Waals surface area contributed by atoms with Gasteiger partial charge in [-0.25, -0.2) is 0 Å². The van der Waals surface area contributed by atoms with Crippen LogP contribution in [0.3, 0.4) is 0 Å². The first-order valence-electron chi connectivity index (χ1n) is 27.8. The third-order valence-corrected chi connectivity index (χ3v) is 12.0. The van der Waals surface area contributed by atoms with Crippen LogP contribution in [0.5, 0.6) is 0 Å². The van der Waals surface area contributed by atoms with Crippen LogP contribution in [-0.2, 0) is 28.6 Å². The molecule has 0 spiro atoms. The fraction of sp³-hybridized carbons (Fsp3) is 0.780. The van der Waals surface area contributed by atoms with Gasteiger partial charge in [0.1, 0.15) is 13.2 Å². The van der Waals surface area contributed by atoms with Gasteiger partial charge in [-0.1, -0.05) is 229 Å². The van der Waals surface area contributed by atoms with Crippen molar-refractivity contribution >= 4 is 17.9 Å². The Balaban J connectivity index is 4.43. The van der Waals surface area contributed by atoms with Gasteiger partial charge in [-0.3, -0.25) is 14.4 Å². The van der Waals surface area contributed by atoms with E-state index in [2.05, 4.69) is 81.5 Å². The Kier molecular flexibility index (Phi) is 51.3. The Morgan fingerprint density at radius 2 is 0.554 bits per heavy atom. The van der Waals surface area contributed by atoms with Crippen LogP contribution < -0.4 is 0 Å². The highest BCUT2D eigenvalue weighted by atomic mass is 16.6. The lowest BCUT2D eigenvalue weighted by atomic mass is 10.0. The van der Waals surface area contributed by atoms with E-state index in [1.807, 2.05) is 0 Å². The van der Waals surface area contributed by atoms with Crippen LogP contribution in [0.25, 0.3) is 0 Å². The lowest BCUT2D eigenvalue weighted by Crippen LogP contribution is -2.30. The molecular formula is C59H104O6. The van der Waals surface area contributed by atoms with Crippen molar-refractivity contribution in [3.63, 3.8) is 0 Å². The van der Waals surface area contributed by atoms with Crippen molar-refractivity contribution in [2.45, 2.75) is 284 Å². The summed E-state index contributed by atoms with van der Waals surface area (Å²) in [5.74, 6) is -0.933. The van der Waals surface area contributed by atoms with E-state index in [1.54, 1.807) is 0 Å². The lowest BCUT2D eigenvalue weighted by molar-refractivity contribution is -0.167. The molecule has 0 amide bonds. The maximum atomic E-state index is 12.8. The first-order chi connectivity index (χ1) is 32.0. The van der Waals surface area contributed by atoms with Gasteiger partial charge in [0, 0.05) is 19.3 Å². The summed E-state index contributed by atoms with van der Waals surface area (Å²) < 4.78 is 16.8. The minimum Gasteiger partial charge on any atom is -0.462 e. The molecule has 0 saturated heterocycles. The minimum atomic E-state index is -0.793. The second kappa shape index (κ2) is 53.7. The van der Waals surface area contributed by atoms with Crippen LogP contribution in [0, 0.1) is 0 Å². The van der Waals surface area contributed by atoms with Crippen LogP contribution in [0.4, 0.5) is 0 Å². The second-order valence-electron chi connectivity index (χ2n) is 18.5. The van der Waals surface area contributed by atoms with E-state index in [9.17, 15) is 14.4 Å². The van der Waals surface area contributed by atoms with Gasteiger partial charge in [0.2, 0.25) is 0 Å². The molecule has 0 aliphatic heterocycles. The number of hydrogen-bond donors (Lipinski definition) is 0. The molecule has 0 aromatic rings. The van der Waals surface area contributed by atoms with Gasteiger partial charge < -0.3 is 14.2 Å². The number of unbranched alkanes of at least 4 members (excludes halogenated alkanes) is 29. The summed E-state index contributed by atoms with van der Waals surface area (Å²) in [6.07, 6.45) is 66.3. The van der Waals surface area contributed by atoms with Gasteiger partial charge in [-0.2, -0.15) is 0 Å². The summed E-state index contributed by atoms with van der Waals surface area (Å²) in [5, 5.41) is 0. The molecule has 376 valence electrons. The highest BCUT2D eigenvalue weighted by Gasteiger charge is 2.19. The average Bonchev–Trinajstić information content (AvgIpc) is 3.30.